The standard InChI is InChI=1S/C26H48O4/c1-10-23(4,5)19-25(8,24(6,7)11-2)22(28)29-18-21(27)30-26(9,12-3)20-16-14-13-15-17-20/h20H,10-19H2,1-9H3. The number of carbonyl (C=O) groups is 2. The van der Waals surface area contributed by atoms with Crippen LogP contribution in [0.1, 0.15) is 120 Å². The van der Waals surface area contributed by atoms with E-state index in [9.17, 15) is 9.59 Å². The molecule has 30 heavy (non-hydrogen) atoms. The molecule has 0 aliphatic heterocycles. The minimum atomic E-state index is -0.668. The highest BCUT2D eigenvalue weighted by Gasteiger charge is 2.50. The Hall–Kier alpha value is -1.06. The van der Waals surface area contributed by atoms with Crippen molar-refractivity contribution in [1.82, 2.24) is 0 Å². The summed E-state index contributed by atoms with van der Waals surface area (Å²) in [4.78, 5) is 25.9. The molecule has 0 N–H and O–H groups in total. The molecule has 0 amide bonds. The summed E-state index contributed by atoms with van der Waals surface area (Å²) in [5, 5.41) is 0. The normalized spacial score (nSPS) is 20.2. The fourth-order valence-corrected chi connectivity index (χ4v) is 4.79. The van der Waals surface area contributed by atoms with Crippen molar-refractivity contribution in [3.63, 3.8) is 0 Å². The maximum atomic E-state index is 13.3. The average Bonchev–Trinajstić information content (AvgIpc) is 2.71. The van der Waals surface area contributed by atoms with E-state index in [4.69, 9.17) is 9.47 Å². The molecule has 176 valence electrons. The van der Waals surface area contributed by atoms with Gasteiger partial charge in [-0.3, -0.25) is 4.79 Å². The van der Waals surface area contributed by atoms with Crippen molar-refractivity contribution in [3.8, 4) is 0 Å². The summed E-state index contributed by atoms with van der Waals surface area (Å²) in [5.41, 5.74) is -1.36. The van der Waals surface area contributed by atoms with Crippen LogP contribution in [0.15, 0.2) is 0 Å². The van der Waals surface area contributed by atoms with Crippen molar-refractivity contribution in [2.75, 3.05) is 6.61 Å². The summed E-state index contributed by atoms with van der Waals surface area (Å²) in [6, 6.07) is 0. The monoisotopic (exact) mass is 424 g/mol. The van der Waals surface area contributed by atoms with Crippen LogP contribution < -0.4 is 0 Å². The Labute approximate surface area is 185 Å². The third-order valence-corrected chi connectivity index (χ3v) is 8.46. The van der Waals surface area contributed by atoms with E-state index < -0.39 is 17.0 Å². The molecular weight excluding hydrogens is 376 g/mol. The van der Waals surface area contributed by atoms with Gasteiger partial charge in [0.15, 0.2) is 6.61 Å². The maximum absolute atomic E-state index is 13.3. The number of hydrogen-bond donors (Lipinski definition) is 0. The van der Waals surface area contributed by atoms with Crippen molar-refractivity contribution < 1.29 is 19.1 Å². The van der Waals surface area contributed by atoms with Gasteiger partial charge in [0, 0.05) is 0 Å². The van der Waals surface area contributed by atoms with Crippen LogP contribution >= 0.6 is 0 Å². The first-order chi connectivity index (χ1) is 13.8. The van der Waals surface area contributed by atoms with Gasteiger partial charge in [0.2, 0.25) is 0 Å². The van der Waals surface area contributed by atoms with Gasteiger partial charge in [0.1, 0.15) is 5.60 Å². The Morgan fingerprint density at radius 3 is 1.87 bits per heavy atom. The average molecular weight is 425 g/mol. The minimum absolute atomic E-state index is 0.0164. The zero-order valence-corrected chi connectivity index (χ0v) is 21.3. The van der Waals surface area contributed by atoms with Crippen molar-refractivity contribution in [1.29, 1.82) is 0 Å². The van der Waals surface area contributed by atoms with Gasteiger partial charge < -0.3 is 9.47 Å². The van der Waals surface area contributed by atoms with Crippen molar-refractivity contribution in [3.05, 3.63) is 0 Å². The van der Waals surface area contributed by atoms with Crippen LogP contribution in [0, 0.1) is 22.2 Å². The molecule has 0 saturated heterocycles. The number of hydrogen-bond acceptors (Lipinski definition) is 4. The van der Waals surface area contributed by atoms with Crippen LogP contribution in [0.2, 0.25) is 0 Å². The van der Waals surface area contributed by atoms with E-state index in [0.29, 0.717) is 5.92 Å². The van der Waals surface area contributed by atoms with Gasteiger partial charge >= 0.3 is 11.9 Å². The van der Waals surface area contributed by atoms with Gasteiger partial charge in [-0.2, -0.15) is 0 Å². The van der Waals surface area contributed by atoms with Gasteiger partial charge in [-0.25, -0.2) is 4.79 Å². The van der Waals surface area contributed by atoms with Gasteiger partial charge in [0.25, 0.3) is 0 Å². The molecule has 0 aromatic heterocycles. The Morgan fingerprint density at radius 2 is 1.40 bits per heavy atom. The number of carbonyl (C=O) groups excluding carboxylic acids is 2. The second-order valence-corrected chi connectivity index (χ2v) is 11.3. The lowest BCUT2D eigenvalue weighted by Crippen LogP contribution is -2.47. The van der Waals surface area contributed by atoms with Crippen molar-refractivity contribution >= 4 is 11.9 Å². The van der Waals surface area contributed by atoms with Gasteiger partial charge in [0.05, 0.1) is 5.41 Å². The Balaban J connectivity index is 2.85. The molecule has 4 nitrogen and oxygen atoms in total. The minimum Gasteiger partial charge on any atom is -0.457 e. The predicted octanol–water partition coefficient (Wildman–Crippen LogP) is 7.09. The molecule has 0 bridgehead atoms. The number of rotatable bonds is 11. The van der Waals surface area contributed by atoms with Crippen LogP contribution in [0.3, 0.4) is 0 Å². The fourth-order valence-electron chi connectivity index (χ4n) is 4.79. The molecule has 0 radical (unpaired) electrons. The molecule has 1 saturated carbocycles. The fraction of sp³-hybridized carbons (Fsp3) is 0.923. The molecule has 1 aliphatic carbocycles. The summed E-state index contributed by atoms with van der Waals surface area (Å²) in [6.45, 7) is 18.7. The molecule has 2 unspecified atom stereocenters. The first-order valence-corrected chi connectivity index (χ1v) is 12.2. The second-order valence-electron chi connectivity index (χ2n) is 11.3. The quantitative estimate of drug-likeness (QED) is 0.332. The van der Waals surface area contributed by atoms with Crippen molar-refractivity contribution in [2.24, 2.45) is 22.2 Å². The van der Waals surface area contributed by atoms with E-state index >= 15 is 0 Å². The zero-order valence-electron chi connectivity index (χ0n) is 21.3. The maximum Gasteiger partial charge on any atom is 0.344 e. The van der Waals surface area contributed by atoms with Gasteiger partial charge in [-0.15, -0.1) is 0 Å². The first-order valence-electron chi connectivity index (χ1n) is 12.2. The van der Waals surface area contributed by atoms with Gasteiger partial charge in [-0.1, -0.05) is 74.1 Å². The third-order valence-electron chi connectivity index (χ3n) is 8.46. The van der Waals surface area contributed by atoms with E-state index in [-0.39, 0.29) is 23.4 Å². The van der Waals surface area contributed by atoms with E-state index in [1.165, 1.54) is 19.3 Å². The van der Waals surface area contributed by atoms with Crippen molar-refractivity contribution in [2.45, 2.75) is 126 Å². The molecular formula is C26H48O4. The highest BCUT2D eigenvalue weighted by Crippen LogP contribution is 2.50. The highest BCUT2D eigenvalue weighted by atomic mass is 16.6. The van der Waals surface area contributed by atoms with E-state index in [1.807, 2.05) is 13.8 Å². The van der Waals surface area contributed by atoms with Crippen LogP contribution in [-0.4, -0.2) is 24.1 Å². The van der Waals surface area contributed by atoms with Crippen LogP contribution in [0.4, 0.5) is 0 Å². The summed E-state index contributed by atoms with van der Waals surface area (Å²) in [7, 11) is 0. The lowest BCUT2D eigenvalue weighted by molar-refractivity contribution is -0.182. The Morgan fingerprint density at radius 1 is 0.833 bits per heavy atom. The molecule has 4 heteroatoms. The smallest absolute Gasteiger partial charge is 0.344 e. The topological polar surface area (TPSA) is 52.6 Å². The molecule has 0 aromatic carbocycles. The second kappa shape index (κ2) is 10.5. The van der Waals surface area contributed by atoms with Crippen LogP contribution in [0.25, 0.3) is 0 Å². The molecule has 0 heterocycles. The Kier molecular flexibility index (Phi) is 9.44. The number of ether oxygens (including phenoxy) is 2. The summed E-state index contributed by atoms with van der Waals surface area (Å²) >= 11 is 0. The molecule has 1 aliphatic rings. The molecule has 0 spiro atoms. The van der Waals surface area contributed by atoms with E-state index in [0.717, 1.165) is 38.5 Å². The largest absolute Gasteiger partial charge is 0.457 e. The molecule has 2 atom stereocenters. The third kappa shape index (κ3) is 6.47. The van der Waals surface area contributed by atoms with E-state index in [1.54, 1.807) is 0 Å². The van der Waals surface area contributed by atoms with Crippen LogP contribution in [-0.2, 0) is 19.1 Å². The Bertz CT molecular complexity index is 574. The van der Waals surface area contributed by atoms with Crippen LogP contribution in [0.5, 0.6) is 0 Å². The summed E-state index contributed by atoms with van der Waals surface area (Å²) < 4.78 is 11.5. The molecule has 0 aromatic rings. The summed E-state index contributed by atoms with van der Waals surface area (Å²) in [5.74, 6) is -0.320. The highest BCUT2D eigenvalue weighted by molar-refractivity contribution is 5.81. The zero-order chi connectivity index (χ0) is 23.2. The molecule has 1 fully saturated rings. The lowest BCUT2D eigenvalue weighted by atomic mass is 9.58. The SMILES string of the molecule is CCC(C)(C)CC(C)(C(=O)OCC(=O)OC(C)(CC)C1CCCCC1)C(C)(C)CC. The first kappa shape index (κ1) is 27.0. The van der Waals surface area contributed by atoms with E-state index in [2.05, 4.69) is 48.5 Å². The van der Waals surface area contributed by atoms with Gasteiger partial charge in [-0.05, 0) is 62.7 Å². The lowest BCUT2D eigenvalue weighted by Gasteiger charge is -2.45. The predicted molar refractivity (Wildman–Crippen MR) is 123 cm³/mol. The number of esters is 2. The summed E-state index contributed by atoms with van der Waals surface area (Å²) in [6.07, 6.45) is 9.21. The molecule has 1 rings (SSSR count).